The zero-order chi connectivity index (χ0) is 20.9. The number of nitrogens with zero attached hydrogens (tertiary/aromatic N) is 3. The number of likely N-dealkylation sites (tertiary alicyclic amines) is 1. The number of ether oxygens (including phenoxy) is 1. The summed E-state index contributed by atoms with van der Waals surface area (Å²) in [6.07, 6.45) is 2.87. The van der Waals surface area contributed by atoms with Gasteiger partial charge < -0.3 is 9.64 Å². The third-order valence-corrected chi connectivity index (χ3v) is 6.55. The summed E-state index contributed by atoms with van der Waals surface area (Å²) in [7, 11) is 1.66. The van der Waals surface area contributed by atoms with Crippen molar-refractivity contribution in [3.8, 4) is 5.75 Å². The summed E-state index contributed by atoms with van der Waals surface area (Å²) in [5, 5.41) is 10.9. The van der Waals surface area contributed by atoms with E-state index in [4.69, 9.17) is 4.74 Å². The van der Waals surface area contributed by atoms with E-state index in [1.807, 2.05) is 29.2 Å². The van der Waals surface area contributed by atoms with Crippen LogP contribution in [-0.2, 0) is 17.6 Å². The second-order valence-corrected chi connectivity index (χ2v) is 8.61. The number of carbonyl (C=O) groups is 1. The summed E-state index contributed by atoms with van der Waals surface area (Å²) in [6, 6.07) is 14.1. The zero-order valence-electron chi connectivity index (χ0n) is 16.9. The molecule has 156 valence electrons. The fourth-order valence-electron chi connectivity index (χ4n) is 3.69. The fourth-order valence-corrected chi connectivity index (χ4v) is 4.73. The highest BCUT2D eigenvalue weighted by Crippen LogP contribution is 2.31. The first kappa shape index (κ1) is 20.5. The third-order valence-electron chi connectivity index (χ3n) is 5.46. The Labute approximate surface area is 179 Å². The summed E-state index contributed by atoms with van der Waals surface area (Å²) in [5.74, 6) is 1.01. The van der Waals surface area contributed by atoms with E-state index in [9.17, 15) is 9.18 Å². The maximum absolute atomic E-state index is 13.0. The largest absolute Gasteiger partial charge is 0.497 e. The van der Waals surface area contributed by atoms with Crippen molar-refractivity contribution in [2.24, 2.45) is 0 Å². The standard InChI is InChI=1S/C23H24FN3O2S/c1-29-20-8-4-16(5-9-20)14-21-25-26-23(30-21)18-10-12-27(13-11-18)22(28)15-17-2-6-19(24)7-3-17/h2-9,18H,10-15H2,1H3. The molecule has 7 heteroatoms. The molecule has 0 atom stereocenters. The van der Waals surface area contributed by atoms with Gasteiger partial charge in [-0.1, -0.05) is 24.3 Å². The topological polar surface area (TPSA) is 55.3 Å². The normalized spacial score (nSPS) is 14.7. The number of hydrogen-bond donors (Lipinski definition) is 0. The van der Waals surface area contributed by atoms with Crippen molar-refractivity contribution in [2.75, 3.05) is 20.2 Å². The molecule has 0 saturated carbocycles. The molecule has 0 spiro atoms. The molecule has 3 aromatic rings. The average molecular weight is 426 g/mol. The zero-order valence-corrected chi connectivity index (χ0v) is 17.7. The van der Waals surface area contributed by atoms with Gasteiger partial charge in [-0.05, 0) is 48.2 Å². The van der Waals surface area contributed by atoms with Crippen LogP contribution < -0.4 is 4.74 Å². The number of piperidine rings is 1. The van der Waals surface area contributed by atoms with E-state index in [1.54, 1.807) is 30.6 Å². The lowest BCUT2D eigenvalue weighted by Gasteiger charge is -2.31. The van der Waals surface area contributed by atoms with Gasteiger partial charge in [-0.25, -0.2) is 4.39 Å². The Hall–Kier alpha value is -2.80. The van der Waals surface area contributed by atoms with Crippen molar-refractivity contribution in [1.82, 2.24) is 15.1 Å². The minimum atomic E-state index is -0.282. The van der Waals surface area contributed by atoms with Gasteiger partial charge in [0.25, 0.3) is 0 Å². The van der Waals surface area contributed by atoms with E-state index in [0.29, 0.717) is 12.3 Å². The molecule has 2 heterocycles. The number of halogens is 1. The first-order chi connectivity index (χ1) is 14.6. The van der Waals surface area contributed by atoms with Crippen molar-refractivity contribution < 1.29 is 13.9 Å². The van der Waals surface area contributed by atoms with Crippen molar-refractivity contribution in [1.29, 1.82) is 0 Å². The van der Waals surface area contributed by atoms with Crippen LogP contribution in [0.15, 0.2) is 48.5 Å². The fraction of sp³-hybridized carbons (Fsp3) is 0.348. The Bertz CT molecular complexity index is 980. The molecule has 30 heavy (non-hydrogen) atoms. The summed E-state index contributed by atoms with van der Waals surface area (Å²) >= 11 is 1.67. The second kappa shape index (κ2) is 9.34. The molecule has 0 bridgehead atoms. The van der Waals surface area contributed by atoms with Gasteiger partial charge in [0.15, 0.2) is 0 Å². The monoisotopic (exact) mass is 425 g/mol. The maximum atomic E-state index is 13.0. The molecule has 1 saturated heterocycles. The van der Waals surface area contributed by atoms with Gasteiger partial charge in [0.05, 0.1) is 13.5 Å². The number of rotatable bonds is 6. The highest BCUT2D eigenvalue weighted by Gasteiger charge is 2.26. The van der Waals surface area contributed by atoms with Gasteiger partial charge in [-0.3, -0.25) is 4.79 Å². The van der Waals surface area contributed by atoms with E-state index in [2.05, 4.69) is 10.2 Å². The molecule has 1 fully saturated rings. The Kier molecular flexibility index (Phi) is 6.38. The molecule has 1 aromatic heterocycles. The van der Waals surface area contributed by atoms with Crippen LogP contribution in [0.3, 0.4) is 0 Å². The van der Waals surface area contributed by atoms with Gasteiger partial charge >= 0.3 is 0 Å². The van der Waals surface area contributed by atoms with Crippen LogP contribution >= 0.6 is 11.3 Å². The lowest BCUT2D eigenvalue weighted by molar-refractivity contribution is -0.131. The smallest absolute Gasteiger partial charge is 0.226 e. The molecule has 0 radical (unpaired) electrons. The molecule has 1 amide bonds. The Morgan fingerprint density at radius 3 is 2.40 bits per heavy atom. The van der Waals surface area contributed by atoms with Crippen LogP contribution in [0, 0.1) is 5.82 Å². The van der Waals surface area contributed by atoms with Crippen LogP contribution in [0.5, 0.6) is 5.75 Å². The molecule has 1 aliphatic heterocycles. The third kappa shape index (κ3) is 5.02. The van der Waals surface area contributed by atoms with Gasteiger partial charge in [-0.2, -0.15) is 0 Å². The van der Waals surface area contributed by atoms with E-state index in [1.165, 1.54) is 17.7 Å². The van der Waals surface area contributed by atoms with Gasteiger partial charge in [-0.15, -0.1) is 21.5 Å². The van der Waals surface area contributed by atoms with E-state index in [-0.39, 0.29) is 11.7 Å². The number of hydrogen-bond acceptors (Lipinski definition) is 5. The summed E-state index contributed by atoms with van der Waals surface area (Å²) < 4.78 is 18.2. The predicted octanol–water partition coefficient (Wildman–Crippen LogP) is 4.23. The SMILES string of the molecule is COc1ccc(Cc2nnc(C3CCN(C(=O)Cc4ccc(F)cc4)CC3)s2)cc1. The van der Waals surface area contributed by atoms with E-state index >= 15 is 0 Å². The van der Waals surface area contributed by atoms with Crippen LogP contribution in [0.1, 0.15) is 39.9 Å². The highest BCUT2D eigenvalue weighted by molar-refractivity contribution is 7.11. The first-order valence-electron chi connectivity index (χ1n) is 10.1. The Morgan fingerprint density at radius 1 is 1.07 bits per heavy atom. The molecule has 2 aromatic carbocycles. The second-order valence-electron chi connectivity index (χ2n) is 7.52. The average Bonchev–Trinajstić information content (AvgIpc) is 3.24. The number of aromatic nitrogens is 2. The number of carbonyl (C=O) groups excluding carboxylic acids is 1. The maximum Gasteiger partial charge on any atom is 0.226 e. The quantitative estimate of drug-likeness (QED) is 0.593. The van der Waals surface area contributed by atoms with Crippen molar-refractivity contribution in [3.63, 3.8) is 0 Å². The summed E-state index contributed by atoms with van der Waals surface area (Å²) in [6.45, 7) is 1.44. The lowest BCUT2D eigenvalue weighted by atomic mass is 9.97. The van der Waals surface area contributed by atoms with Crippen molar-refractivity contribution >= 4 is 17.2 Å². The molecule has 4 rings (SSSR count). The summed E-state index contributed by atoms with van der Waals surface area (Å²) in [5.41, 5.74) is 2.02. The number of benzene rings is 2. The molecule has 1 aliphatic rings. The van der Waals surface area contributed by atoms with E-state index in [0.717, 1.165) is 53.7 Å². The van der Waals surface area contributed by atoms with Gasteiger partial charge in [0, 0.05) is 25.4 Å². The van der Waals surface area contributed by atoms with Gasteiger partial charge in [0.2, 0.25) is 5.91 Å². The molecule has 0 N–H and O–H groups in total. The van der Waals surface area contributed by atoms with Crippen LogP contribution in [0.4, 0.5) is 4.39 Å². The molecular weight excluding hydrogens is 401 g/mol. The lowest BCUT2D eigenvalue weighted by Crippen LogP contribution is -2.38. The van der Waals surface area contributed by atoms with Crippen LogP contribution in [0.2, 0.25) is 0 Å². The minimum Gasteiger partial charge on any atom is -0.497 e. The molecule has 0 unspecified atom stereocenters. The minimum absolute atomic E-state index is 0.0949. The van der Waals surface area contributed by atoms with Crippen LogP contribution in [-0.4, -0.2) is 41.2 Å². The number of amides is 1. The highest BCUT2D eigenvalue weighted by atomic mass is 32.1. The Balaban J connectivity index is 1.29. The Morgan fingerprint density at radius 2 is 1.73 bits per heavy atom. The van der Waals surface area contributed by atoms with Crippen molar-refractivity contribution in [2.45, 2.75) is 31.6 Å². The predicted molar refractivity (Wildman–Crippen MR) is 114 cm³/mol. The molecule has 5 nitrogen and oxygen atoms in total. The molecular formula is C23H24FN3O2S. The number of methoxy groups -OCH3 is 1. The summed E-state index contributed by atoms with van der Waals surface area (Å²) in [4.78, 5) is 14.4. The molecule has 0 aliphatic carbocycles. The van der Waals surface area contributed by atoms with Crippen LogP contribution in [0.25, 0.3) is 0 Å². The first-order valence-corrected chi connectivity index (χ1v) is 10.9. The van der Waals surface area contributed by atoms with Crippen molar-refractivity contribution in [3.05, 3.63) is 75.5 Å². The van der Waals surface area contributed by atoms with E-state index < -0.39 is 0 Å². The van der Waals surface area contributed by atoms with Gasteiger partial charge in [0.1, 0.15) is 21.6 Å².